The van der Waals surface area contributed by atoms with Crippen LogP contribution in [0.5, 0.6) is 0 Å². The van der Waals surface area contributed by atoms with Crippen molar-refractivity contribution in [2.24, 2.45) is 0 Å². The third-order valence-electron chi connectivity index (χ3n) is 3.63. The van der Waals surface area contributed by atoms with Gasteiger partial charge in [-0.3, -0.25) is 9.59 Å². The van der Waals surface area contributed by atoms with Crippen LogP contribution < -0.4 is 10.6 Å². The third-order valence-corrected chi connectivity index (χ3v) is 4.51. The second kappa shape index (κ2) is 8.61. The lowest BCUT2D eigenvalue weighted by atomic mass is 9.97. The van der Waals surface area contributed by atoms with E-state index >= 15 is 0 Å². The Morgan fingerprint density at radius 1 is 1.08 bits per heavy atom. The van der Waals surface area contributed by atoms with Gasteiger partial charge in [-0.15, -0.1) is 11.3 Å². The Morgan fingerprint density at radius 2 is 1.79 bits per heavy atom. The van der Waals surface area contributed by atoms with Crippen molar-refractivity contribution >= 4 is 23.2 Å². The molecule has 0 spiro atoms. The second-order valence-corrected chi connectivity index (χ2v) is 6.96. The summed E-state index contributed by atoms with van der Waals surface area (Å²) in [6.07, 6.45) is 1.20. The van der Waals surface area contributed by atoms with Gasteiger partial charge in [0.25, 0.3) is 0 Å². The number of nitrogens with one attached hydrogen (secondary N) is 2. The summed E-state index contributed by atoms with van der Waals surface area (Å²) in [4.78, 5) is 24.5. The van der Waals surface area contributed by atoms with Crippen LogP contribution in [0.2, 0.25) is 0 Å². The van der Waals surface area contributed by atoms with E-state index < -0.39 is 17.4 Å². The molecule has 0 aliphatic carbocycles. The molecule has 2 rings (SSSR count). The zero-order valence-corrected chi connectivity index (χ0v) is 14.4. The number of aryl methyl sites for hydroxylation is 1. The van der Waals surface area contributed by atoms with Crippen molar-refractivity contribution in [3.8, 4) is 0 Å². The molecule has 1 aromatic heterocycles. The lowest BCUT2D eigenvalue weighted by Crippen LogP contribution is -2.46. The van der Waals surface area contributed by atoms with Crippen molar-refractivity contribution in [2.45, 2.75) is 31.9 Å². The molecule has 6 heteroatoms. The predicted molar refractivity (Wildman–Crippen MR) is 94.6 cm³/mol. The van der Waals surface area contributed by atoms with Gasteiger partial charge < -0.3 is 15.7 Å². The number of carbonyl (C=O) groups is 2. The lowest BCUT2D eigenvalue weighted by molar-refractivity contribution is -0.139. The van der Waals surface area contributed by atoms with Gasteiger partial charge in [-0.1, -0.05) is 36.4 Å². The van der Waals surface area contributed by atoms with Crippen LogP contribution in [0.1, 0.15) is 23.8 Å². The van der Waals surface area contributed by atoms with E-state index in [2.05, 4.69) is 10.6 Å². The Morgan fingerprint density at radius 3 is 2.46 bits per heavy atom. The summed E-state index contributed by atoms with van der Waals surface area (Å²) in [5.74, 6) is -1.42. The second-order valence-electron chi connectivity index (χ2n) is 5.93. The number of aliphatic hydroxyl groups is 1. The molecule has 1 aromatic carbocycles. The predicted octanol–water partition coefficient (Wildman–Crippen LogP) is 1.86. The van der Waals surface area contributed by atoms with Crippen LogP contribution in [-0.4, -0.2) is 29.1 Å². The smallest absolute Gasteiger partial charge is 0.309 e. The molecule has 0 aliphatic rings. The van der Waals surface area contributed by atoms with Crippen LogP contribution in [0.4, 0.5) is 0 Å². The maximum absolute atomic E-state index is 11.8. The van der Waals surface area contributed by atoms with E-state index in [1.165, 1.54) is 11.3 Å². The largest absolute Gasteiger partial charge is 0.388 e. The number of hydrogen-bond acceptors (Lipinski definition) is 4. The van der Waals surface area contributed by atoms with Crippen LogP contribution in [0.3, 0.4) is 0 Å². The van der Waals surface area contributed by atoms with Crippen LogP contribution in [0.15, 0.2) is 47.8 Å². The fourth-order valence-electron chi connectivity index (χ4n) is 2.16. The van der Waals surface area contributed by atoms with Crippen LogP contribution >= 0.6 is 11.3 Å². The highest BCUT2D eigenvalue weighted by atomic mass is 32.1. The molecule has 0 saturated heterocycles. The van der Waals surface area contributed by atoms with Gasteiger partial charge in [0, 0.05) is 11.4 Å². The molecular formula is C18H22N2O3S. The molecule has 24 heavy (non-hydrogen) atoms. The van der Waals surface area contributed by atoms with E-state index in [-0.39, 0.29) is 6.54 Å². The molecule has 2 amide bonds. The molecule has 0 saturated carbocycles. The molecular weight excluding hydrogens is 324 g/mol. The van der Waals surface area contributed by atoms with Crippen molar-refractivity contribution in [2.75, 3.05) is 6.54 Å². The van der Waals surface area contributed by atoms with Gasteiger partial charge in [0.05, 0.1) is 12.1 Å². The zero-order valence-electron chi connectivity index (χ0n) is 13.6. The molecule has 5 nitrogen and oxygen atoms in total. The quantitative estimate of drug-likeness (QED) is 0.670. The molecule has 128 valence electrons. The first-order valence-corrected chi connectivity index (χ1v) is 8.69. The summed E-state index contributed by atoms with van der Waals surface area (Å²) in [6, 6.07) is 13.6. The monoisotopic (exact) mass is 346 g/mol. The van der Waals surface area contributed by atoms with Crippen molar-refractivity contribution in [1.29, 1.82) is 0 Å². The van der Waals surface area contributed by atoms with Gasteiger partial charge in [-0.2, -0.15) is 0 Å². The minimum atomic E-state index is -1.07. The van der Waals surface area contributed by atoms with Crippen LogP contribution in [-0.2, 0) is 22.6 Å². The summed E-state index contributed by atoms with van der Waals surface area (Å²) in [5.41, 5.74) is 0.0530. The standard InChI is InChI=1S/C18H22N2O3S/c1-18(23,10-9-14-6-3-2-4-7-14)13-20-17(22)16(21)19-12-15-8-5-11-24-15/h2-8,11,23H,9-10,12-13H2,1H3,(H,19,21)(H,20,22)/t18-/m1/s1. The van der Waals surface area contributed by atoms with E-state index in [0.29, 0.717) is 19.4 Å². The van der Waals surface area contributed by atoms with Crippen molar-refractivity contribution in [1.82, 2.24) is 10.6 Å². The normalized spacial score (nSPS) is 13.1. The van der Waals surface area contributed by atoms with Gasteiger partial charge in [0.1, 0.15) is 0 Å². The summed E-state index contributed by atoms with van der Waals surface area (Å²) in [6.45, 7) is 2.01. The molecule has 2 aromatic rings. The lowest BCUT2D eigenvalue weighted by Gasteiger charge is -2.23. The van der Waals surface area contributed by atoms with Crippen molar-refractivity contribution in [3.63, 3.8) is 0 Å². The number of benzene rings is 1. The van der Waals surface area contributed by atoms with Crippen molar-refractivity contribution in [3.05, 3.63) is 58.3 Å². The Bertz CT molecular complexity index is 654. The third kappa shape index (κ3) is 6.14. The highest BCUT2D eigenvalue weighted by Gasteiger charge is 2.23. The Hall–Kier alpha value is -2.18. The molecule has 0 aliphatic heterocycles. The topological polar surface area (TPSA) is 78.4 Å². The molecule has 3 N–H and O–H groups in total. The minimum Gasteiger partial charge on any atom is -0.388 e. The zero-order chi connectivity index (χ0) is 17.4. The first-order chi connectivity index (χ1) is 11.5. The van der Waals surface area contributed by atoms with Crippen LogP contribution in [0.25, 0.3) is 0 Å². The maximum atomic E-state index is 11.8. The van der Waals surface area contributed by atoms with Gasteiger partial charge >= 0.3 is 11.8 Å². The minimum absolute atomic E-state index is 0.0328. The SMILES string of the molecule is C[C@@](O)(CCc1ccccc1)CNC(=O)C(=O)NCc1cccs1. The number of thiophene rings is 1. The highest BCUT2D eigenvalue weighted by Crippen LogP contribution is 2.13. The van der Waals surface area contributed by atoms with E-state index in [0.717, 1.165) is 10.4 Å². The first-order valence-electron chi connectivity index (χ1n) is 7.81. The number of hydrogen-bond donors (Lipinski definition) is 3. The molecule has 0 unspecified atom stereocenters. The average Bonchev–Trinajstić information content (AvgIpc) is 3.10. The Labute approximate surface area is 145 Å². The molecule has 0 fully saturated rings. The van der Waals surface area contributed by atoms with E-state index in [1.54, 1.807) is 6.92 Å². The molecule has 0 radical (unpaired) electrons. The van der Waals surface area contributed by atoms with Crippen molar-refractivity contribution < 1.29 is 14.7 Å². The highest BCUT2D eigenvalue weighted by molar-refractivity contribution is 7.09. The molecule has 0 bridgehead atoms. The number of carbonyl (C=O) groups excluding carboxylic acids is 2. The maximum Gasteiger partial charge on any atom is 0.309 e. The Kier molecular flexibility index (Phi) is 6.52. The molecule has 1 atom stereocenters. The Balaban J connectivity index is 1.71. The summed E-state index contributed by atoms with van der Waals surface area (Å²) < 4.78 is 0. The number of amides is 2. The van der Waals surface area contributed by atoms with E-state index in [4.69, 9.17) is 0 Å². The summed E-state index contributed by atoms with van der Waals surface area (Å²) >= 11 is 1.51. The van der Waals surface area contributed by atoms with Gasteiger partial charge in [-0.25, -0.2) is 0 Å². The summed E-state index contributed by atoms with van der Waals surface area (Å²) in [7, 11) is 0. The molecule has 1 heterocycles. The fourth-order valence-corrected chi connectivity index (χ4v) is 2.80. The van der Waals surface area contributed by atoms with Gasteiger partial charge in [0.2, 0.25) is 0 Å². The van der Waals surface area contributed by atoms with Gasteiger partial charge in [0.15, 0.2) is 0 Å². The average molecular weight is 346 g/mol. The fraction of sp³-hybridized carbons (Fsp3) is 0.333. The van der Waals surface area contributed by atoms with E-state index in [1.807, 2.05) is 47.8 Å². The van der Waals surface area contributed by atoms with Crippen LogP contribution in [0, 0.1) is 0 Å². The van der Waals surface area contributed by atoms with Gasteiger partial charge in [-0.05, 0) is 36.8 Å². The van der Waals surface area contributed by atoms with E-state index in [9.17, 15) is 14.7 Å². The first kappa shape index (κ1) is 18.2. The summed E-state index contributed by atoms with van der Waals surface area (Å²) in [5, 5.41) is 17.3. The number of rotatable bonds is 7.